The maximum atomic E-state index is 14.6. The molecule has 0 fully saturated rings. The van der Waals surface area contributed by atoms with E-state index in [0.29, 0.717) is 6.42 Å². The van der Waals surface area contributed by atoms with Crippen molar-refractivity contribution in [2.24, 2.45) is 0 Å². The average molecular weight is 269 g/mol. The number of anilines is 1. The molecule has 1 nitrogen and oxygen atoms in total. The standard InChI is InChI=1S/C18H20FN/c1-2-13-6-8-14(9-7-13)12-17(19)16-5-3-4-15-10-11-20-18(15)16/h3-9,17,20H,2,10-12H2,1H3. The zero-order chi connectivity index (χ0) is 13.9. The summed E-state index contributed by atoms with van der Waals surface area (Å²) in [6.07, 6.45) is 1.53. The van der Waals surface area contributed by atoms with Gasteiger partial charge in [0.1, 0.15) is 6.17 Å². The van der Waals surface area contributed by atoms with Crippen molar-refractivity contribution in [3.63, 3.8) is 0 Å². The number of alkyl halides is 1. The molecule has 0 saturated heterocycles. The molecular formula is C18H20FN. The van der Waals surface area contributed by atoms with E-state index >= 15 is 0 Å². The number of hydrogen-bond acceptors (Lipinski definition) is 1. The van der Waals surface area contributed by atoms with Gasteiger partial charge in [-0.3, -0.25) is 0 Å². The number of nitrogens with one attached hydrogen (secondary N) is 1. The topological polar surface area (TPSA) is 12.0 Å². The Morgan fingerprint density at radius 2 is 1.85 bits per heavy atom. The van der Waals surface area contributed by atoms with Gasteiger partial charge in [0.05, 0.1) is 0 Å². The highest BCUT2D eigenvalue weighted by atomic mass is 19.1. The first-order valence-electron chi connectivity index (χ1n) is 7.35. The van der Waals surface area contributed by atoms with E-state index in [1.54, 1.807) is 0 Å². The van der Waals surface area contributed by atoms with E-state index in [-0.39, 0.29) is 0 Å². The minimum absolute atomic E-state index is 0.447. The quantitative estimate of drug-likeness (QED) is 0.863. The van der Waals surface area contributed by atoms with Crippen molar-refractivity contribution in [2.75, 3.05) is 11.9 Å². The molecule has 3 rings (SSSR count). The molecule has 0 radical (unpaired) electrons. The van der Waals surface area contributed by atoms with Crippen LogP contribution in [0.3, 0.4) is 0 Å². The van der Waals surface area contributed by atoms with Crippen LogP contribution in [0.2, 0.25) is 0 Å². The summed E-state index contributed by atoms with van der Waals surface area (Å²) >= 11 is 0. The zero-order valence-corrected chi connectivity index (χ0v) is 11.8. The zero-order valence-electron chi connectivity index (χ0n) is 11.8. The van der Waals surface area contributed by atoms with Gasteiger partial charge in [-0.05, 0) is 29.5 Å². The molecule has 0 aliphatic carbocycles. The number of aryl methyl sites for hydroxylation is 1. The first kappa shape index (κ1) is 13.2. The number of fused-ring (bicyclic) bond motifs is 1. The Labute approximate surface area is 119 Å². The molecule has 104 valence electrons. The summed E-state index contributed by atoms with van der Waals surface area (Å²) in [5.41, 5.74) is 5.42. The highest BCUT2D eigenvalue weighted by Gasteiger charge is 2.20. The molecular weight excluding hydrogens is 249 g/mol. The fraction of sp³-hybridized carbons (Fsp3) is 0.333. The Kier molecular flexibility index (Phi) is 3.72. The van der Waals surface area contributed by atoms with Crippen LogP contribution in [0, 0.1) is 0 Å². The van der Waals surface area contributed by atoms with Gasteiger partial charge in [0.25, 0.3) is 0 Å². The van der Waals surface area contributed by atoms with Crippen LogP contribution in [-0.4, -0.2) is 6.54 Å². The molecule has 0 saturated carbocycles. The minimum Gasteiger partial charge on any atom is -0.384 e. The van der Waals surface area contributed by atoms with Crippen LogP contribution in [0.1, 0.15) is 35.3 Å². The first-order valence-corrected chi connectivity index (χ1v) is 7.35. The predicted octanol–water partition coefficient (Wildman–Crippen LogP) is 4.47. The van der Waals surface area contributed by atoms with Crippen LogP contribution in [0.15, 0.2) is 42.5 Å². The minimum atomic E-state index is -0.942. The second-order valence-electron chi connectivity index (χ2n) is 5.40. The smallest absolute Gasteiger partial charge is 0.131 e. The summed E-state index contributed by atoms with van der Waals surface area (Å²) < 4.78 is 14.6. The molecule has 0 amide bonds. The van der Waals surface area contributed by atoms with Gasteiger partial charge in [-0.25, -0.2) is 4.39 Å². The predicted molar refractivity (Wildman–Crippen MR) is 82.0 cm³/mol. The molecule has 1 aliphatic heterocycles. The van der Waals surface area contributed by atoms with Crippen molar-refractivity contribution >= 4 is 5.69 Å². The van der Waals surface area contributed by atoms with E-state index in [2.05, 4.69) is 30.4 Å². The average Bonchev–Trinajstić information content (AvgIpc) is 2.96. The van der Waals surface area contributed by atoms with Crippen molar-refractivity contribution in [3.05, 3.63) is 64.7 Å². The molecule has 0 spiro atoms. The van der Waals surface area contributed by atoms with Gasteiger partial charge in [0, 0.05) is 24.2 Å². The molecule has 2 heteroatoms. The van der Waals surface area contributed by atoms with Crippen molar-refractivity contribution in [1.82, 2.24) is 0 Å². The summed E-state index contributed by atoms with van der Waals surface area (Å²) in [7, 11) is 0. The van der Waals surface area contributed by atoms with E-state index in [0.717, 1.165) is 36.2 Å². The Hall–Kier alpha value is -1.83. The van der Waals surface area contributed by atoms with Gasteiger partial charge < -0.3 is 5.32 Å². The fourth-order valence-corrected chi connectivity index (χ4v) is 2.86. The molecule has 20 heavy (non-hydrogen) atoms. The van der Waals surface area contributed by atoms with E-state index in [1.807, 2.05) is 24.3 Å². The van der Waals surface area contributed by atoms with E-state index in [1.165, 1.54) is 11.1 Å². The molecule has 1 aliphatic rings. The van der Waals surface area contributed by atoms with Crippen molar-refractivity contribution < 1.29 is 4.39 Å². The summed E-state index contributed by atoms with van der Waals surface area (Å²) in [5.74, 6) is 0. The molecule has 1 atom stereocenters. The van der Waals surface area contributed by atoms with E-state index in [4.69, 9.17) is 0 Å². The van der Waals surface area contributed by atoms with Crippen LogP contribution in [-0.2, 0) is 19.3 Å². The van der Waals surface area contributed by atoms with Crippen molar-refractivity contribution in [1.29, 1.82) is 0 Å². The molecule has 0 bridgehead atoms. The van der Waals surface area contributed by atoms with Crippen LogP contribution in [0.4, 0.5) is 10.1 Å². The third-order valence-corrected chi connectivity index (χ3v) is 4.06. The number of halogens is 1. The normalized spacial score (nSPS) is 14.7. The highest BCUT2D eigenvalue weighted by Crippen LogP contribution is 2.34. The first-order chi connectivity index (χ1) is 9.78. The summed E-state index contributed by atoms with van der Waals surface area (Å²) in [4.78, 5) is 0. The second-order valence-corrected chi connectivity index (χ2v) is 5.40. The lowest BCUT2D eigenvalue weighted by atomic mass is 9.98. The largest absolute Gasteiger partial charge is 0.384 e. The summed E-state index contributed by atoms with van der Waals surface area (Å²) in [6, 6.07) is 14.2. The van der Waals surface area contributed by atoms with E-state index in [9.17, 15) is 4.39 Å². The third-order valence-electron chi connectivity index (χ3n) is 4.06. The molecule has 1 heterocycles. The van der Waals surface area contributed by atoms with Gasteiger partial charge in [-0.1, -0.05) is 49.4 Å². The lowest BCUT2D eigenvalue weighted by Crippen LogP contribution is -2.02. The van der Waals surface area contributed by atoms with Gasteiger partial charge in [0.15, 0.2) is 0 Å². The Balaban J connectivity index is 1.79. The maximum Gasteiger partial charge on any atom is 0.131 e. The molecule has 2 aromatic carbocycles. The highest BCUT2D eigenvalue weighted by molar-refractivity contribution is 5.62. The van der Waals surface area contributed by atoms with Crippen LogP contribution >= 0.6 is 0 Å². The van der Waals surface area contributed by atoms with Crippen LogP contribution < -0.4 is 5.32 Å². The SMILES string of the molecule is CCc1ccc(CC(F)c2cccc3c2NCC3)cc1. The van der Waals surface area contributed by atoms with E-state index < -0.39 is 6.17 Å². The Morgan fingerprint density at radius 1 is 1.10 bits per heavy atom. The summed E-state index contributed by atoms with van der Waals surface area (Å²) in [6.45, 7) is 3.05. The van der Waals surface area contributed by atoms with Crippen molar-refractivity contribution in [3.8, 4) is 0 Å². The number of hydrogen-bond donors (Lipinski definition) is 1. The Morgan fingerprint density at radius 3 is 2.60 bits per heavy atom. The van der Waals surface area contributed by atoms with Crippen LogP contribution in [0.25, 0.3) is 0 Å². The molecule has 1 N–H and O–H groups in total. The van der Waals surface area contributed by atoms with Gasteiger partial charge in [0.2, 0.25) is 0 Å². The lowest BCUT2D eigenvalue weighted by molar-refractivity contribution is 0.343. The third kappa shape index (κ3) is 2.55. The van der Waals surface area contributed by atoms with Crippen LogP contribution in [0.5, 0.6) is 0 Å². The molecule has 0 aromatic heterocycles. The number of rotatable bonds is 4. The van der Waals surface area contributed by atoms with Crippen molar-refractivity contribution in [2.45, 2.75) is 32.4 Å². The lowest BCUT2D eigenvalue weighted by Gasteiger charge is -2.14. The monoisotopic (exact) mass is 269 g/mol. The fourth-order valence-electron chi connectivity index (χ4n) is 2.86. The molecule has 1 unspecified atom stereocenters. The number of para-hydroxylation sites is 1. The van der Waals surface area contributed by atoms with Gasteiger partial charge in [-0.2, -0.15) is 0 Å². The second kappa shape index (κ2) is 5.66. The van der Waals surface area contributed by atoms with Gasteiger partial charge >= 0.3 is 0 Å². The summed E-state index contributed by atoms with van der Waals surface area (Å²) in [5, 5.41) is 3.31. The van der Waals surface area contributed by atoms with Gasteiger partial charge in [-0.15, -0.1) is 0 Å². The molecule has 2 aromatic rings. The Bertz CT molecular complexity index is 589. The number of benzene rings is 2. The maximum absolute atomic E-state index is 14.6.